The lowest BCUT2D eigenvalue weighted by molar-refractivity contribution is -0.148. The van der Waals surface area contributed by atoms with Crippen LogP contribution in [0.15, 0.2) is 24.3 Å². The van der Waals surface area contributed by atoms with E-state index in [1.165, 1.54) is 29.2 Å². The molecular weight excluding hydrogens is 265 g/mol. The van der Waals surface area contributed by atoms with Crippen molar-refractivity contribution >= 4 is 5.91 Å². The molecule has 0 spiro atoms. The summed E-state index contributed by atoms with van der Waals surface area (Å²) in [5, 5.41) is 19.6. The van der Waals surface area contributed by atoms with Crippen LogP contribution < -0.4 is 4.74 Å². The molecule has 1 aliphatic rings. The molecule has 0 aliphatic carbocycles. The summed E-state index contributed by atoms with van der Waals surface area (Å²) in [5.74, 6) is -0.238. The Morgan fingerprint density at radius 3 is 2.75 bits per heavy atom. The third-order valence-corrected chi connectivity index (χ3v) is 3.53. The van der Waals surface area contributed by atoms with Crippen molar-refractivity contribution in [3.63, 3.8) is 0 Å². The molecule has 20 heavy (non-hydrogen) atoms. The fourth-order valence-corrected chi connectivity index (χ4v) is 2.02. The Hall–Kier alpha value is -1.66. The van der Waals surface area contributed by atoms with Crippen LogP contribution in [-0.2, 0) is 4.79 Å². The minimum Gasteiger partial charge on any atom is -0.484 e. The molecule has 2 N–H and O–H groups in total. The number of amides is 1. The average Bonchev–Trinajstić information content (AvgIpc) is 2.41. The van der Waals surface area contributed by atoms with Gasteiger partial charge in [0, 0.05) is 13.1 Å². The van der Waals surface area contributed by atoms with E-state index in [-0.39, 0.29) is 24.9 Å². The Kier molecular flexibility index (Phi) is 4.25. The van der Waals surface area contributed by atoms with Gasteiger partial charge in [0.1, 0.15) is 11.6 Å². The molecule has 1 amide bonds. The van der Waals surface area contributed by atoms with Crippen molar-refractivity contribution < 1.29 is 24.1 Å². The first-order valence-corrected chi connectivity index (χ1v) is 6.45. The topological polar surface area (TPSA) is 70.0 Å². The summed E-state index contributed by atoms with van der Waals surface area (Å²) in [5.41, 5.74) is -1.16. The maximum Gasteiger partial charge on any atom is 0.260 e. The smallest absolute Gasteiger partial charge is 0.260 e. The van der Waals surface area contributed by atoms with Crippen molar-refractivity contribution in [2.24, 2.45) is 0 Å². The Bertz CT molecular complexity index is 475. The summed E-state index contributed by atoms with van der Waals surface area (Å²) >= 11 is 0. The van der Waals surface area contributed by atoms with Crippen molar-refractivity contribution in [3.8, 4) is 5.75 Å². The van der Waals surface area contributed by atoms with Gasteiger partial charge in [-0.3, -0.25) is 4.79 Å². The second-order valence-electron chi connectivity index (χ2n) is 5.21. The SMILES string of the molecule is C[C@@]1(O)CCN(C(=O)COc2ccc(F)cc2)C[C@@H]1O. The summed E-state index contributed by atoms with van der Waals surface area (Å²) in [7, 11) is 0. The molecule has 1 aromatic rings. The number of hydrogen-bond donors (Lipinski definition) is 2. The third kappa shape index (κ3) is 3.46. The van der Waals surface area contributed by atoms with Gasteiger partial charge in [-0.15, -0.1) is 0 Å². The van der Waals surface area contributed by atoms with Crippen LogP contribution >= 0.6 is 0 Å². The number of benzene rings is 1. The minimum absolute atomic E-state index is 0.0820. The number of hydrogen-bond acceptors (Lipinski definition) is 4. The van der Waals surface area contributed by atoms with Gasteiger partial charge in [-0.2, -0.15) is 0 Å². The van der Waals surface area contributed by atoms with Gasteiger partial charge in [0.2, 0.25) is 0 Å². The van der Waals surface area contributed by atoms with Gasteiger partial charge >= 0.3 is 0 Å². The Balaban J connectivity index is 1.85. The van der Waals surface area contributed by atoms with E-state index in [0.717, 1.165) is 0 Å². The fraction of sp³-hybridized carbons (Fsp3) is 0.500. The van der Waals surface area contributed by atoms with Gasteiger partial charge in [-0.1, -0.05) is 0 Å². The molecule has 1 aliphatic heterocycles. The number of likely N-dealkylation sites (tertiary alicyclic amines) is 1. The number of aliphatic hydroxyl groups excluding tert-OH is 1. The molecule has 0 aromatic heterocycles. The van der Waals surface area contributed by atoms with Crippen molar-refractivity contribution in [2.45, 2.75) is 25.0 Å². The van der Waals surface area contributed by atoms with E-state index < -0.39 is 11.7 Å². The van der Waals surface area contributed by atoms with Crippen LogP contribution in [0.4, 0.5) is 4.39 Å². The monoisotopic (exact) mass is 283 g/mol. The lowest BCUT2D eigenvalue weighted by Gasteiger charge is -2.39. The highest BCUT2D eigenvalue weighted by Crippen LogP contribution is 2.22. The number of halogens is 1. The fourth-order valence-electron chi connectivity index (χ4n) is 2.02. The molecule has 5 nitrogen and oxygen atoms in total. The van der Waals surface area contributed by atoms with E-state index in [4.69, 9.17) is 4.74 Å². The number of ether oxygens (including phenoxy) is 1. The highest BCUT2D eigenvalue weighted by molar-refractivity contribution is 5.78. The van der Waals surface area contributed by atoms with E-state index in [2.05, 4.69) is 0 Å². The van der Waals surface area contributed by atoms with Crippen LogP contribution in [0.25, 0.3) is 0 Å². The van der Waals surface area contributed by atoms with Crippen molar-refractivity contribution in [3.05, 3.63) is 30.1 Å². The first-order chi connectivity index (χ1) is 9.38. The zero-order valence-corrected chi connectivity index (χ0v) is 11.3. The molecule has 1 saturated heterocycles. The number of nitrogens with zero attached hydrogens (tertiary/aromatic N) is 1. The molecule has 1 heterocycles. The van der Waals surface area contributed by atoms with Crippen LogP contribution in [0.1, 0.15) is 13.3 Å². The van der Waals surface area contributed by atoms with Crippen molar-refractivity contribution in [1.29, 1.82) is 0 Å². The van der Waals surface area contributed by atoms with Gasteiger partial charge in [0.25, 0.3) is 5.91 Å². The Morgan fingerprint density at radius 2 is 2.15 bits per heavy atom. The van der Waals surface area contributed by atoms with Gasteiger partial charge < -0.3 is 19.8 Å². The van der Waals surface area contributed by atoms with Gasteiger partial charge in [-0.05, 0) is 37.6 Å². The number of β-amino-alcohol motifs (C(OH)–C–C–N with tert-alkyl or cyclic N) is 1. The number of carbonyl (C=O) groups is 1. The lowest BCUT2D eigenvalue weighted by Crippen LogP contribution is -2.56. The second kappa shape index (κ2) is 5.76. The predicted molar refractivity (Wildman–Crippen MR) is 69.7 cm³/mol. The number of piperidine rings is 1. The summed E-state index contributed by atoms with van der Waals surface area (Å²) in [4.78, 5) is 13.4. The Morgan fingerprint density at radius 1 is 1.50 bits per heavy atom. The van der Waals surface area contributed by atoms with E-state index in [0.29, 0.717) is 18.7 Å². The molecule has 0 saturated carbocycles. The van der Waals surface area contributed by atoms with Crippen LogP contribution in [0.3, 0.4) is 0 Å². The standard InChI is InChI=1S/C14H18FNO4/c1-14(19)6-7-16(8-12(14)17)13(18)9-20-11-4-2-10(15)3-5-11/h2-5,12,17,19H,6-9H2,1H3/t12-,14+/m0/s1. The quantitative estimate of drug-likeness (QED) is 0.850. The van der Waals surface area contributed by atoms with E-state index in [9.17, 15) is 19.4 Å². The molecule has 2 atom stereocenters. The lowest BCUT2D eigenvalue weighted by atomic mass is 9.91. The minimum atomic E-state index is -1.16. The third-order valence-electron chi connectivity index (χ3n) is 3.53. The molecule has 1 fully saturated rings. The van der Waals surface area contributed by atoms with Crippen molar-refractivity contribution in [1.82, 2.24) is 4.90 Å². The first-order valence-electron chi connectivity index (χ1n) is 6.45. The summed E-state index contributed by atoms with van der Waals surface area (Å²) in [6.07, 6.45) is -0.651. The molecule has 6 heteroatoms. The number of aliphatic hydroxyl groups is 2. The molecule has 0 radical (unpaired) electrons. The van der Waals surface area contributed by atoms with Gasteiger partial charge in [0.15, 0.2) is 6.61 Å². The van der Waals surface area contributed by atoms with E-state index in [1.807, 2.05) is 0 Å². The molecule has 110 valence electrons. The van der Waals surface area contributed by atoms with Gasteiger partial charge in [0.05, 0.1) is 11.7 Å². The average molecular weight is 283 g/mol. The number of carbonyl (C=O) groups excluding carboxylic acids is 1. The molecule has 1 aromatic carbocycles. The van der Waals surface area contributed by atoms with E-state index in [1.54, 1.807) is 6.92 Å². The molecule has 0 unspecified atom stereocenters. The first kappa shape index (κ1) is 14.7. The maximum absolute atomic E-state index is 12.7. The molecule has 2 rings (SSSR count). The summed E-state index contributed by atoms with van der Waals surface area (Å²) < 4.78 is 18.0. The second-order valence-corrected chi connectivity index (χ2v) is 5.21. The maximum atomic E-state index is 12.7. The van der Waals surface area contributed by atoms with Crippen LogP contribution in [-0.4, -0.2) is 52.4 Å². The van der Waals surface area contributed by atoms with Crippen LogP contribution in [0.2, 0.25) is 0 Å². The largest absolute Gasteiger partial charge is 0.484 e. The van der Waals surface area contributed by atoms with Gasteiger partial charge in [-0.25, -0.2) is 4.39 Å². The van der Waals surface area contributed by atoms with Crippen LogP contribution in [0.5, 0.6) is 5.75 Å². The Labute approximate surface area is 116 Å². The molecular formula is C14H18FNO4. The highest BCUT2D eigenvalue weighted by Gasteiger charge is 2.37. The zero-order valence-electron chi connectivity index (χ0n) is 11.3. The molecule has 0 bridgehead atoms. The van der Waals surface area contributed by atoms with E-state index >= 15 is 0 Å². The van der Waals surface area contributed by atoms with Crippen molar-refractivity contribution in [2.75, 3.05) is 19.7 Å². The number of rotatable bonds is 3. The normalized spacial score (nSPS) is 26.4. The summed E-state index contributed by atoms with van der Waals surface area (Å²) in [6, 6.07) is 5.39. The predicted octanol–water partition coefficient (Wildman–Crippen LogP) is 0.549. The highest BCUT2D eigenvalue weighted by atomic mass is 19.1. The van der Waals surface area contributed by atoms with Crippen LogP contribution in [0, 0.1) is 5.82 Å². The zero-order chi connectivity index (χ0) is 14.8. The summed E-state index contributed by atoms with van der Waals surface area (Å²) in [6.45, 7) is 1.82.